The van der Waals surface area contributed by atoms with Crippen molar-refractivity contribution in [3.63, 3.8) is 0 Å². The van der Waals surface area contributed by atoms with E-state index in [1.54, 1.807) is 11.3 Å². The van der Waals surface area contributed by atoms with Gasteiger partial charge >= 0.3 is 5.97 Å². The Hall–Kier alpha value is -3.36. The van der Waals surface area contributed by atoms with Crippen LogP contribution in [0.1, 0.15) is 59.6 Å². The number of aryl methyl sites for hydroxylation is 1. The lowest BCUT2D eigenvalue weighted by Crippen LogP contribution is -2.29. The van der Waals surface area contributed by atoms with Crippen LogP contribution in [0.15, 0.2) is 54.6 Å². The molecule has 1 aliphatic rings. The van der Waals surface area contributed by atoms with Crippen molar-refractivity contribution in [2.24, 2.45) is 0 Å². The Balaban J connectivity index is 1.38. The molecule has 0 spiro atoms. The molecule has 0 aliphatic heterocycles. The Morgan fingerprint density at radius 3 is 2.42 bits per heavy atom. The number of thiazole rings is 1. The van der Waals surface area contributed by atoms with Gasteiger partial charge in [-0.25, -0.2) is 15.0 Å². The van der Waals surface area contributed by atoms with Gasteiger partial charge in [-0.1, -0.05) is 36.4 Å². The van der Waals surface area contributed by atoms with E-state index in [1.807, 2.05) is 36.4 Å². The Labute approximate surface area is 214 Å². The predicted octanol–water partition coefficient (Wildman–Crippen LogP) is 5.00. The van der Waals surface area contributed by atoms with Crippen molar-refractivity contribution in [1.29, 1.82) is 0 Å². The first kappa shape index (κ1) is 24.3. The first-order chi connectivity index (χ1) is 17.5. The Kier molecular flexibility index (Phi) is 7.53. The summed E-state index contributed by atoms with van der Waals surface area (Å²) in [4.78, 5) is 25.4. The summed E-state index contributed by atoms with van der Waals surface area (Å²) in [5.74, 6) is -0.152. The largest absolute Gasteiger partial charge is 0.481 e. The van der Waals surface area contributed by atoms with E-state index in [0.29, 0.717) is 18.8 Å². The minimum atomic E-state index is -0.788. The number of fused-ring (bicyclic) bond motifs is 1. The molecule has 1 saturated carbocycles. The summed E-state index contributed by atoms with van der Waals surface area (Å²) in [6, 6.07) is 18.6. The third kappa shape index (κ3) is 6.44. The molecule has 2 aromatic heterocycles. The van der Waals surface area contributed by atoms with Crippen molar-refractivity contribution in [3.05, 3.63) is 82.1 Å². The predicted molar refractivity (Wildman–Crippen MR) is 142 cm³/mol. The van der Waals surface area contributed by atoms with Crippen LogP contribution < -0.4 is 5.32 Å². The fraction of sp³-hybridized carbons (Fsp3) is 0.357. The van der Waals surface area contributed by atoms with E-state index in [1.165, 1.54) is 5.56 Å². The van der Waals surface area contributed by atoms with Gasteiger partial charge in [0.1, 0.15) is 0 Å². The van der Waals surface area contributed by atoms with Crippen molar-refractivity contribution in [2.45, 2.75) is 63.5 Å². The number of aromatic nitrogens is 3. The second kappa shape index (κ2) is 11.1. The number of nitrogens with one attached hydrogen (secondary N) is 1. The molecule has 36 heavy (non-hydrogen) atoms. The summed E-state index contributed by atoms with van der Waals surface area (Å²) < 4.78 is 1.06. The number of nitrogens with zero attached hydrogens (tertiary/aromatic N) is 3. The highest BCUT2D eigenvalue weighted by Gasteiger charge is 2.20. The van der Waals surface area contributed by atoms with Crippen LogP contribution >= 0.6 is 11.3 Å². The number of rotatable bonds is 9. The minimum absolute atomic E-state index is 0.123. The number of hydrogen-bond acceptors (Lipinski definition) is 7. The summed E-state index contributed by atoms with van der Waals surface area (Å²) >= 11 is 1.62. The van der Waals surface area contributed by atoms with Crippen molar-refractivity contribution in [1.82, 2.24) is 15.0 Å². The first-order valence-electron chi connectivity index (χ1n) is 12.5. The molecule has 0 atom stereocenters. The smallest absolute Gasteiger partial charge is 0.303 e. The van der Waals surface area contributed by atoms with Crippen LogP contribution in [-0.2, 0) is 24.1 Å². The number of carboxylic acids is 1. The van der Waals surface area contributed by atoms with E-state index in [0.717, 1.165) is 64.3 Å². The van der Waals surface area contributed by atoms with Crippen LogP contribution in [-0.4, -0.2) is 43.3 Å². The number of aliphatic carboxylic acids is 1. The van der Waals surface area contributed by atoms with Crippen molar-refractivity contribution < 1.29 is 15.0 Å². The molecule has 0 bridgehead atoms. The number of aliphatic hydroxyl groups is 1. The number of anilines is 1. The summed E-state index contributed by atoms with van der Waals surface area (Å²) in [5, 5.41) is 23.3. The lowest BCUT2D eigenvalue weighted by Gasteiger charge is -2.26. The SMILES string of the molecule is O=C(O)CCc1ccc2nc(Cc3cc(Cc4ccccc4)nc(NC4CCC(O)CC4)n3)sc2c1. The van der Waals surface area contributed by atoms with Gasteiger partial charge in [-0.3, -0.25) is 4.79 Å². The molecule has 0 amide bonds. The van der Waals surface area contributed by atoms with E-state index in [9.17, 15) is 9.90 Å². The van der Waals surface area contributed by atoms with Gasteiger partial charge in [0, 0.05) is 25.3 Å². The first-order valence-corrected chi connectivity index (χ1v) is 13.3. The van der Waals surface area contributed by atoms with E-state index in [2.05, 4.69) is 23.5 Å². The Morgan fingerprint density at radius 1 is 0.917 bits per heavy atom. The summed E-state index contributed by atoms with van der Waals surface area (Å²) in [7, 11) is 0. The summed E-state index contributed by atoms with van der Waals surface area (Å²) in [6.45, 7) is 0. The average molecular weight is 503 g/mol. The third-order valence-electron chi connectivity index (χ3n) is 6.55. The molecule has 0 radical (unpaired) electrons. The van der Waals surface area contributed by atoms with Crippen LogP contribution in [0.25, 0.3) is 10.2 Å². The van der Waals surface area contributed by atoms with Crippen molar-refractivity contribution in [3.8, 4) is 0 Å². The van der Waals surface area contributed by atoms with Crippen LogP contribution in [0.3, 0.4) is 0 Å². The molecule has 0 unspecified atom stereocenters. The maximum Gasteiger partial charge on any atom is 0.303 e. The lowest BCUT2D eigenvalue weighted by molar-refractivity contribution is -0.136. The average Bonchev–Trinajstić information content (AvgIpc) is 3.26. The molecule has 8 heteroatoms. The quantitative estimate of drug-likeness (QED) is 0.296. The Morgan fingerprint density at radius 2 is 1.67 bits per heavy atom. The van der Waals surface area contributed by atoms with Crippen molar-refractivity contribution >= 4 is 33.5 Å². The van der Waals surface area contributed by atoms with E-state index in [4.69, 9.17) is 20.1 Å². The molecule has 4 aromatic rings. The zero-order chi connectivity index (χ0) is 24.9. The molecule has 2 aromatic carbocycles. The van der Waals surface area contributed by atoms with Gasteiger partial charge in [0.25, 0.3) is 0 Å². The highest BCUT2D eigenvalue weighted by Crippen LogP contribution is 2.27. The summed E-state index contributed by atoms with van der Waals surface area (Å²) in [6.07, 6.45) is 5.18. The normalized spacial score (nSPS) is 17.8. The molecule has 2 heterocycles. The molecule has 186 valence electrons. The van der Waals surface area contributed by atoms with Gasteiger partial charge in [0.2, 0.25) is 5.95 Å². The van der Waals surface area contributed by atoms with Crippen molar-refractivity contribution in [2.75, 3.05) is 5.32 Å². The highest BCUT2D eigenvalue weighted by atomic mass is 32.1. The number of aliphatic hydroxyl groups excluding tert-OH is 1. The van der Waals surface area contributed by atoms with Gasteiger partial charge in [-0.15, -0.1) is 11.3 Å². The number of hydrogen-bond donors (Lipinski definition) is 3. The maximum absolute atomic E-state index is 10.9. The molecule has 1 aliphatic carbocycles. The number of benzene rings is 2. The van der Waals surface area contributed by atoms with E-state index >= 15 is 0 Å². The molecule has 5 rings (SSSR count). The fourth-order valence-corrected chi connectivity index (χ4v) is 5.71. The van der Waals surface area contributed by atoms with Gasteiger partial charge in [0.15, 0.2) is 0 Å². The number of carbonyl (C=O) groups is 1. The van der Waals surface area contributed by atoms with Gasteiger partial charge in [-0.05, 0) is 61.4 Å². The molecule has 0 saturated heterocycles. The third-order valence-corrected chi connectivity index (χ3v) is 7.57. The molecule has 7 nitrogen and oxygen atoms in total. The Bertz CT molecular complexity index is 1330. The van der Waals surface area contributed by atoms with Crippen LogP contribution in [0.4, 0.5) is 5.95 Å². The monoisotopic (exact) mass is 502 g/mol. The minimum Gasteiger partial charge on any atom is -0.481 e. The van der Waals surface area contributed by atoms with Crippen LogP contribution in [0, 0.1) is 0 Å². The molecule has 3 N–H and O–H groups in total. The standard InChI is InChI=1S/C28H30N4O3S/c33-23-10-8-20(9-11-23)29-28-30-21(14-18-4-2-1-3-5-18)16-22(31-28)17-26-32-24-12-6-19(7-13-27(34)35)15-25(24)36-26/h1-6,12,15-16,20,23,33H,7-11,13-14,17H2,(H,34,35)(H,29,30,31). The van der Waals surface area contributed by atoms with E-state index < -0.39 is 5.97 Å². The molecule has 1 fully saturated rings. The topological polar surface area (TPSA) is 108 Å². The van der Waals surface area contributed by atoms with E-state index in [-0.39, 0.29) is 18.6 Å². The highest BCUT2D eigenvalue weighted by molar-refractivity contribution is 7.18. The zero-order valence-electron chi connectivity index (χ0n) is 20.1. The summed E-state index contributed by atoms with van der Waals surface area (Å²) in [5.41, 5.74) is 5.01. The fourth-order valence-electron chi connectivity index (χ4n) is 4.66. The lowest BCUT2D eigenvalue weighted by atomic mass is 9.93. The van der Waals surface area contributed by atoms with Crippen LogP contribution in [0.5, 0.6) is 0 Å². The van der Waals surface area contributed by atoms with Gasteiger partial charge in [-0.2, -0.15) is 0 Å². The van der Waals surface area contributed by atoms with Gasteiger partial charge < -0.3 is 15.5 Å². The van der Waals surface area contributed by atoms with Crippen LogP contribution in [0.2, 0.25) is 0 Å². The maximum atomic E-state index is 10.9. The zero-order valence-corrected chi connectivity index (χ0v) is 20.9. The molecular weight excluding hydrogens is 472 g/mol. The second-order valence-electron chi connectivity index (χ2n) is 9.47. The number of carboxylic acid groups (broad SMARTS) is 1. The second-order valence-corrected chi connectivity index (χ2v) is 10.6. The molecular formula is C28H30N4O3S. The van der Waals surface area contributed by atoms with Gasteiger partial charge in [0.05, 0.1) is 32.7 Å².